The van der Waals surface area contributed by atoms with Gasteiger partial charge in [-0.3, -0.25) is 4.90 Å². The van der Waals surface area contributed by atoms with Crippen LogP contribution in [-0.4, -0.2) is 72.7 Å². The second-order valence-corrected chi connectivity index (χ2v) is 9.05. The van der Waals surface area contributed by atoms with E-state index in [-0.39, 0.29) is 11.5 Å². The normalized spacial score (nSPS) is 31.8. The third-order valence-electron chi connectivity index (χ3n) is 5.32. The Morgan fingerprint density at radius 2 is 1.71 bits per heavy atom. The number of hydrogen-bond acceptors (Lipinski definition) is 5. The maximum absolute atomic E-state index is 12.3. The van der Waals surface area contributed by atoms with Gasteiger partial charge in [-0.1, -0.05) is 0 Å². The van der Waals surface area contributed by atoms with Gasteiger partial charge in [0.2, 0.25) is 0 Å². The topological polar surface area (TPSA) is 51.2 Å². The van der Waals surface area contributed by atoms with E-state index in [1.54, 1.807) is 0 Å². The predicted octanol–water partition coefficient (Wildman–Crippen LogP) is 2.47. The molecule has 138 valence electrons. The molecule has 3 aliphatic heterocycles. The number of carbonyl (C=O) groups is 1. The standard InChI is InChI=1S/C18H32N2O4/c1-16(2,3)24-15(21)20-9-7-18(13-20)6-8-19(12-18)14-10-22-17(4,5)23-11-14/h14H,6-13H2,1-5H3. The largest absolute Gasteiger partial charge is 0.444 e. The van der Waals surface area contributed by atoms with Crippen LogP contribution in [0.4, 0.5) is 4.79 Å². The van der Waals surface area contributed by atoms with Crippen molar-refractivity contribution in [3.63, 3.8) is 0 Å². The zero-order valence-electron chi connectivity index (χ0n) is 15.8. The highest BCUT2D eigenvalue weighted by molar-refractivity contribution is 5.68. The van der Waals surface area contributed by atoms with Crippen LogP contribution in [0.25, 0.3) is 0 Å². The van der Waals surface area contributed by atoms with E-state index in [0.29, 0.717) is 6.04 Å². The molecular formula is C18H32N2O4. The highest BCUT2D eigenvalue weighted by Crippen LogP contribution is 2.41. The molecule has 1 unspecified atom stereocenters. The quantitative estimate of drug-likeness (QED) is 0.734. The van der Waals surface area contributed by atoms with Gasteiger partial charge >= 0.3 is 6.09 Å². The van der Waals surface area contributed by atoms with Gasteiger partial charge in [-0.15, -0.1) is 0 Å². The zero-order valence-corrected chi connectivity index (χ0v) is 15.8. The minimum absolute atomic E-state index is 0.177. The minimum Gasteiger partial charge on any atom is -0.444 e. The molecule has 1 atom stereocenters. The summed E-state index contributed by atoms with van der Waals surface area (Å²) in [5.74, 6) is -0.464. The molecule has 3 rings (SSSR count). The van der Waals surface area contributed by atoms with Crippen LogP contribution in [0.5, 0.6) is 0 Å². The average molecular weight is 340 g/mol. The molecule has 1 amide bonds. The fraction of sp³-hybridized carbons (Fsp3) is 0.944. The van der Waals surface area contributed by atoms with Crippen molar-refractivity contribution < 1.29 is 19.0 Å². The van der Waals surface area contributed by atoms with Gasteiger partial charge in [0.25, 0.3) is 0 Å². The van der Waals surface area contributed by atoms with E-state index in [1.807, 2.05) is 39.5 Å². The summed E-state index contributed by atoms with van der Waals surface area (Å²) in [5, 5.41) is 0. The molecular weight excluding hydrogens is 308 g/mol. The first-order valence-electron chi connectivity index (χ1n) is 9.08. The zero-order chi connectivity index (χ0) is 17.6. The highest BCUT2D eigenvalue weighted by atomic mass is 16.7. The Bertz CT molecular complexity index is 478. The molecule has 6 nitrogen and oxygen atoms in total. The summed E-state index contributed by atoms with van der Waals surface area (Å²) >= 11 is 0. The summed E-state index contributed by atoms with van der Waals surface area (Å²) in [6, 6.07) is 0.327. The van der Waals surface area contributed by atoms with Gasteiger partial charge in [-0.2, -0.15) is 0 Å². The Balaban J connectivity index is 1.53. The van der Waals surface area contributed by atoms with Gasteiger partial charge in [0.1, 0.15) is 5.60 Å². The highest BCUT2D eigenvalue weighted by Gasteiger charge is 2.47. The Kier molecular flexibility index (Phi) is 4.60. The van der Waals surface area contributed by atoms with E-state index in [9.17, 15) is 4.79 Å². The van der Waals surface area contributed by atoms with Crippen LogP contribution in [0.15, 0.2) is 0 Å². The van der Waals surface area contributed by atoms with Crippen molar-refractivity contribution in [2.24, 2.45) is 5.41 Å². The molecule has 1 spiro atoms. The number of rotatable bonds is 1. The first-order chi connectivity index (χ1) is 11.1. The Labute approximate surface area is 145 Å². The molecule has 0 aliphatic carbocycles. The summed E-state index contributed by atoms with van der Waals surface area (Å²) in [6.45, 7) is 14.8. The molecule has 0 bridgehead atoms. The maximum Gasteiger partial charge on any atom is 0.410 e. The van der Waals surface area contributed by atoms with Crippen molar-refractivity contribution in [3.8, 4) is 0 Å². The van der Waals surface area contributed by atoms with Crippen LogP contribution in [0.2, 0.25) is 0 Å². The summed E-state index contributed by atoms with van der Waals surface area (Å²) in [4.78, 5) is 16.7. The molecule has 3 fully saturated rings. The smallest absolute Gasteiger partial charge is 0.410 e. The molecule has 0 aromatic rings. The van der Waals surface area contributed by atoms with E-state index in [0.717, 1.165) is 52.2 Å². The molecule has 3 aliphatic rings. The van der Waals surface area contributed by atoms with E-state index in [2.05, 4.69) is 4.90 Å². The summed E-state index contributed by atoms with van der Waals surface area (Å²) in [6.07, 6.45) is 2.01. The molecule has 0 aromatic heterocycles. The number of likely N-dealkylation sites (tertiary alicyclic amines) is 2. The third kappa shape index (κ3) is 4.03. The van der Waals surface area contributed by atoms with Crippen molar-refractivity contribution in [2.75, 3.05) is 39.4 Å². The molecule has 0 N–H and O–H groups in total. The fourth-order valence-corrected chi connectivity index (χ4v) is 3.93. The third-order valence-corrected chi connectivity index (χ3v) is 5.32. The van der Waals surface area contributed by atoms with Crippen LogP contribution in [0.1, 0.15) is 47.5 Å². The lowest BCUT2D eigenvalue weighted by Gasteiger charge is -2.39. The van der Waals surface area contributed by atoms with Gasteiger partial charge in [-0.25, -0.2) is 4.79 Å². The van der Waals surface area contributed by atoms with Crippen molar-refractivity contribution in [3.05, 3.63) is 0 Å². The summed E-state index contributed by atoms with van der Waals surface area (Å²) in [5.41, 5.74) is -0.220. The van der Waals surface area contributed by atoms with Gasteiger partial charge < -0.3 is 19.1 Å². The lowest BCUT2D eigenvalue weighted by molar-refractivity contribution is -0.263. The first-order valence-corrected chi connectivity index (χ1v) is 9.08. The van der Waals surface area contributed by atoms with E-state index >= 15 is 0 Å². The van der Waals surface area contributed by atoms with Crippen LogP contribution in [0.3, 0.4) is 0 Å². The number of carbonyl (C=O) groups excluding carboxylic acids is 1. The van der Waals surface area contributed by atoms with Gasteiger partial charge in [-0.05, 0) is 54.0 Å². The predicted molar refractivity (Wildman–Crippen MR) is 90.8 cm³/mol. The minimum atomic E-state index is -0.464. The van der Waals surface area contributed by atoms with E-state index in [1.165, 1.54) is 0 Å². The molecule has 0 saturated carbocycles. The molecule has 0 aromatic carbocycles. The molecule has 3 heterocycles. The molecule has 6 heteroatoms. The van der Waals surface area contributed by atoms with Crippen molar-refractivity contribution >= 4 is 6.09 Å². The fourth-order valence-electron chi connectivity index (χ4n) is 3.93. The maximum atomic E-state index is 12.3. The number of nitrogens with zero attached hydrogens (tertiary/aromatic N) is 2. The molecule has 3 saturated heterocycles. The Morgan fingerprint density at radius 1 is 1.08 bits per heavy atom. The van der Waals surface area contributed by atoms with E-state index in [4.69, 9.17) is 14.2 Å². The van der Waals surface area contributed by atoms with Gasteiger partial charge in [0.05, 0.1) is 19.3 Å². The van der Waals surface area contributed by atoms with Gasteiger partial charge in [0.15, 0.2) is 5.79 Å². The summed E-state index contributed by atoms with van der Waals surface area (Å²) < 4.78 is 17.1. The van der Waals surface area contributed by atoms with Crippen LogP contribution >= 0.6 is 0 Å². The lowest BCUT2D eigenvalue weighted by Crippen LogP contribution is -2.50. The van der Waals surface area contributed by atoms with E-state index < -0.39 is 11.4 Å². The van der Waals surface area contributed by atoms with Crippen molar-refractivity contribution in [2.45, 2.75) is 64.9 Å². The first kappa shape index (κ1) is 18.0. The second-order valence-electron chi connectivity index (χ2n) is 9.05. The average Bonchev–Trinajstić information content (AvgIpc) is 3.05. The lowest BCUT2D eigenvalue weighted by atomic mass is 9.86. The summed E-state index contributed by atoms with van der Waals surface area (Å²) in [7, 11) is 0. The van der Waals surface area contributed by atoms with Crippen molar-refractivity contribution in [1.82, 2.24) is 9.80 Å². The number of amides is 1. The Hall–Kier alpha value is -0.850. The van der Waals surface area contributed by atoms with Crippen LogP contribution in [0, 0.1) is 5.41 Å². The number of hydrogen-bond donors (Lipinski definition) is 0. The monoisotopic (exact) mass is 340 g/mol. The van der Waals surface area contributed by atoms with Crippen molar-refractivity contribution in [1.29, 1.82) is 0 Å². The molecule has 24 heavy (non-hydrogen) atoms. The SMILES string of the molecule is CC(C)(C)OC(=O)N1CCC2(CCN(C3COC(C)(C)OC3)C2)C1. The molecule has 0 radical (unpaired) electrons. The van der Waals surface area contributed by atoms with Gasteiger partial charge in [0, 0.05) is 25.0 Å². The van der Waals surface area contributed by atoms with Crippen LogP contribution in [-0.2, 0) is 14.2 Å². The van der Waals surface area contributed by atoms with Crippen LogP contribution < -0.4 is 0 Å². The second kappa shape index (κ2) is 6.15. The number of ether oxygens (including phenoxy) is 3. The Morgan fingerprint density at radius 3 is 2.33 bits per heavy atom.